The Labute approximate surface area is 162 Å². The third-order valence-corrected chi connectivity index (χ3v) is 4.93. The number of aryl methyl sites for hydroxylation is 1. The predicted octanol–water partition coefficient (Wildman–Crippen LogP) is 4.42. The number of methoxy groups -OCH3 is 2. The molecule has 0 N–H and O–H groups in total. The number of hydrogen-bond donors (Lipinski definition) is 0. The number of carbonyl (C=O) groups is 1. The van der Waals surface area contributed by atoms with E-state index in [0.717, 1.165) is 21.7 Å². The molecule has 5 nitrogen and oxygen atoms in total. The molecule has 3 aromatic rings. The third kappa shape index (κ3) is 4.86. The number of rotatable bonds is 7. The van der Waals surface area contributed by atoms with E-state index in [0.29, 0.717) is 17.2 Å². The van der Waals surface area contributed by atoms with Gasteiger partial charge in [-0.25, -0.2) is 4.98 Å². The van der Waals surface area contributed by atoms with Gasteiger partial charge in [-0.3, -0.25) is 4.79 Å². The van der Waals surface area contributed by atoms with Crippen LogP contribution in [0.25, 0.3) is 10.6 Å². The average molecular weight is 383 g/mol. The molecular weight excluding hydrogens is 362 g/mol. The van der Waals surface area contributed by atoms with Crippen molar-refractivity contribution in [2.75, 3.05) is 14.2 Å². The number of nitrogens with zero attached hydrogens (tertiary/aromatic N) is 1. The zero-order valence-corrected chi connectivity index (χ0v) is 16.3. The summed E-state index contributed by atoms with van der Waals surface area (Å²) < 4.78 is 15.9. The summed E-state index contributed by atoms with van der Waals surface area (Å²) in [4.78, 5) is 16.6. The molecule has 3 rings (SSSR count). The largest absolute Gasteiger partial charge is 0.493 e. The third-order valence-electron chi connectivity index (χ3n) is 3.99. The van der Waals surface area contributed by atoms with Crippen molar-refractivity contribution in [3.63, 3.8) is 0 Å². The molecule has 0 atom stereocenters. The Hall–Kier alpha value is -2.86. The van der Waals surface area contributed by atoms with Crippen molar-refractivity contribution in [1.82, 2.24) is 4.98 Å². The minimum Gasteiger partial charge on any atom is -0.493 e. The van der Waals surface area contributed by atoms with E-state index in [1.807, 2.05) is 54.8 Å². The fraction of sp³-hybridized carbons (Fsp3) is 0.238. The van der Waals surface area contributed by atoms with Gasteiger partial charge in [0, 0.05) is 10.9 Å². The molecule has 140 valence electrons. The second kappa shape index (κ2) is 8.68. The first-order valence-electron chi connectivity index (χ1n) is 8.47. The van der Waals surface area contributed by atoms with Crippen LogP contribution in [0.4, 0.5) is 0 Å². The number of ether oxygens (including phenoxy) is 3. The van der Waals surface area contributed by atoms with Crippen LogP contribution in [0.15, 0.2) is 47.8 Å². The number of esters is 1. The first-order chi connectivity index (χ1) is 13.1. The van der Waals surface area contributed by atoms with Crippen molar-refractivity contribution in [2.24, 2.45) is 0 Å². The van der Waals surface area contributed by atoms with Gasteiger partial charge >= 0.3 is 5.97 Å². The first-order valence-corrected chi connectivity index (χ1v) is 9.35. The lowest BCUT2D eigenvalue weighted by Gasteiger charge is -2.08. The second-order valence-electron chi connectivity index (χ2n) is 6.04. The molecule has 1 heterocycles. The Kier molecular flexibility index (Phi) is 6.08. The van der Waals surface area contributed by atoms with Gasteiger partial charge in [-0.05, 0) is 30.7 Å². The van der Waals surface area contributed by atoms with Gasteiger partial charge in [-0.1, -0.05) is 29.8 Å². The fourth-order valence-electron chi connectivity index (χ4n) is 2.65. The molecule has 0 saturated heterocycles. The number of aromatic nitrogens is 1. The molecule has 0 fully saturated rings. The zero-order chi connectivity index (χ0) is 19.2. The lowest BCUT2D eigenvalue weighted by Crippen LogP contribution is -2.08. The summed E-state index contributed by atoms with van der Waals surface area (Å²) in [7, 11) is 3.19. The fourth-order valence-corrected chi connectivity index (χ4v) is 3.47. The lowest BCUT2D eigenvalue weighted by atomic mass is 10.1. The minimum absolute atomic E-state index is 0.148. The van der Waals surface area contributed by atoms with Crippen LogP contribution in [-0.4, -0.2) is 25.2 Å². The highest BCUT2D eigenvalue weighted by Crippen LogP contribution is 2.33. The van der Waals surface area contributed by atoms with Crippen molar-refractivity contribution in [3.05, 3.63) is 64.7 Å². The van der Waals surface area contributed by atoms with Crippen LogP contribution in [0.1, 0.15) is 16.8 Å². The van der Waals surface area contributed by atoms with E-state index in [-0.39, 0.29) is 19.0 Å². The molecule has 27 heavy (non-hydrogen) atoms. The summed E-state index contributed by atoms with van der Waals surface area (Å²) in [6, 6.07) is 13.5. The van der Waals surface area contributed by atoms with Gasteiger partial charge in [-0.15, -0.1) is 11.3 Å². The molecule has 0 aliphatic rings. The molecule has 0 amide bonds. The Morgan fingerprint density at radius 1 is 1.07 bits per heavy atom. The van der Waals surface area contributed by atoms with Crippen molar-refractivity contribution in [3.8, 4) is 22.1 Å². The van der Waals surface area contributed by atoms with Crippen LogP contribution in [0.5, 0.6) is 11.5 Å². The van der Waals surface area contributed by atoms with Gasteiger partial charge in [-0.2, -0.15) is 0 Å². The number of carbonyl (C=O) groups excluding carboxylic acids is 1. The minimum atomic E-state index is -0.291. The van der Waals surface area contributed by atoms with Crippen LogP contribution < -0.4 is 9.47 Å². The Morgan fingerprint density at radius 2 is 1.89 bits per heavy atom. The van der Waals surface area contributed by atoms with E-state index in [1.54, 1.807) is 14.2 Å². The van der Waals surface area contributed by atoms with Crippen molar-refractivity contribution >= 4 is 17.3 Å². The average Bonchev–Trinajstić information content (AvgIpc) is 3.14. The topological polar surface area (TPSA) is 57.7 Å². The number of hydrogen-bond acceptors (Lipinski definition) is 6. The van der Waals surface area contributed by atoms with Crippen LogP contribution in [-0.2, 0) is 22.6 Å². The van der Waals surface area contributed by atoms with Gasteiger partial charge in [0.2, 0.25) is 0 Å². The molecule has 0 unspecified atom stereocenters. The molecule has 0 bridgehead atoms. The molecule has 0 radical (unpaired) electrons. The molecule has 2 aromatic carbocycles. The van der Waals surface area contributed by atoms with Crippen molar-refractivity contribution < 1.29 is 19.0 Å². The summed E-state index contributed by atoms with van der Waals surface area (Å²) in [6.45, 7) is 2.28. The van der Waals surface area contributed by atoms with E-state index < -0.39 is 0 Å². The summed E-state index contributed by atoms with van der Waals surface area (Å²) in [6.07, 6.45) is 0.148. The van der Waals surface area contributed by atoms with E-state index in [2.05, 4.69) is 4.98 Å². The Balaban J connectivity index is 1.63. The quantitative estimate of drug-likeness (QED) is 0.565. The van der Waals surface area contributed by atoms with Gasteiger partial charge in [0.1, 0.15) is 11.6 Å². The SMILES string of the molecule is COc1ccc(-c2nc(CC(=O)OCc3cccc(C)c3)cs2)cc1OC. The number of benzene rings is 2. The first kappa shape index (κ1) is 18.9. The summed E-state index contributed by atoms with van der Waals surface area (Å²) >= 11 is 1.48. The lowest BCUT2D eigenvalue weighted by molar-refractivity contribution is -0.144. The Morgan fingerprint density at radius 3 is 2.63 bits per heavy atom. The molecule has 0 aliphatic heterocycles. The maximum absolute atomic E-state index is 12.1. The van der Waals surface area contributed by atoms with Crippen molar-refractivity contribution in [1.29, 1.82) is 0 Å². The zero-order valence-electron chi connectivity index (χ0n) is 15.5. The van der Waals surface area contributed by atoms with Crippen molar-refractivity contribution in [2.45, 2.75) is 20.0 Å². The van der Waals surface area contributed by atoms with Crippen LogP contribution in [0.2, 0.25) is 0 Å². The highest BCUT2D eigenvalue weighted by Gasteiger charge is 2.12. The van der Waals surface area contributed by atoms with E-state index >= 15 is 0 Å². The monoisotopic (exact) mass is 383 g/mol. The molecular formula is C21H21NO4S. The van der Waals surface area contributed by atoms with E-state index in [1.165, 1.54) is 11.3 Å². The van der Waals surface area contributed by atoms with E-state index in [4.69, 9.17) is 14.2 Å². The smallest absolute Gasteiger partial charge is 0.312 e. The molecule has 6 heteroatoms. The van der Waals surface area contributed by atoms with Gasteiger partial charge in [0.25, 0.3) is 0 Å². The van der Waals surface area contributed by atoms with Crippen LogP contribution in [0.3, 0.4) is 0 Å². The highest BCUT2D eigenvalue weighted by molar-refractivity contribution is 7.13. The molecule has 0 saturated carbocycles. The van der Waals surface area contributed by atoms with E-state index in [9.17, 15) is 4.79 Å². The van der Waals surface area contributed by atoms with Gasteiger partial charge < -0.3 is 14.2 Å². The Bertz CT molecular complexity index is 935. The molecule has 0 spiro atoms. The maximum Gasteiger partial charge on any atom is 0.312 e. The maximum atomic E-state index is 12.1. The summed E-state index contributed by atoms with van der Waals surface area (Å²) in [5.41, 5.74) is 3.73. The number of thiazole rings is 1. The summed E-state index contributed by atoms with van der Waals surface area (Å²) in [5.74, 6) is 1.02. The molecule has 0 aliphatic carbocycles. The van der Waals surface area contributed by atoms with Crippen LogP contribution >= 0.6 is 11.3 Å². The van der Waals surface area contributed by atoms with Gasteiger partial charge in [0.15, 0.2) is 11.5 Å². The second-order valence-corrected chi connectivity index (χ2v) is 6.90. The highest BCUT2D eigenvalue weighted by atomic mass is 32.1. The predicted molar refractivity (Wildman–Crippen MR) is 105 cm³/mol. The standard InChI is InChI=1S/C21H21NO4S/c1-14-5-4-6-15(9-14)12-26-20(23)11-17-13-27-21(22-17)16-7-8-18(24-2)19(10-16)25-3/h4-10,13H,11-12H2,1-3H3. The molecule has 1 aromatic heterocycles. The normalized spacial score (nSPS) is 10.5. The van der Waals surface area contributed by atoms with Gasteiger partial charge in [0.05, 0.1) is 26.3 Å². The summed E-state index contributed by atoms with van der Waals surface area (Å²) in [5, 5.41) is 2.69. The van der Waals surface area contributed by atoms with Crippen LogP contribution in [0, 0.1) is 6.92 Å².